The predicted molar refractivity (Wildman–Crippen MR) is 44.0 cm³/mol. The van der Waals surface area contributed by atoms with Gasteiger partial charge in [0, 0.05) is 6.92 Å². The van der Waals surface area contributed by atoms with Gasteiger partial charge in [-0.3, -0.25) is 0 Å². The molecule has 0 bridgehead atoms. The first-order valence-electron chi connectivity index (χ1n) is 2.84. The van der Waals surface area contributed by atoms with Gasteiger partial charge in [0.25, 0.3) is 0 Å². The minimum absolute atomic E-state index is 0. The van der Waals surface area contributed by atoms with Gasteiger partial charge in [-0.2, -0.15) is 4.57 Å². The summed E-state index contributed by atoms with van der Waals surface area (Å²) in [5.74, 6) is -0.800. The molecule has 0 unspecified atom stereocenters. The van der Waals surface area contributed by atoms with Crippen LogP contribution in [-0.2, 0) is 11.3 Å². The van der Waals surface area contributed by atoms with E-state index in [0.29, 0.717) is 0 Å². The molecule has 0 saturated heterocycles. The number of hydrogen-bond donors (Lipinski definition) is 1. The molecule has 0 spiro atoms. The van der Waals surface area contributed by atoms with Crippen molar-refractivity contribution in [2.24, 2.45) is 0 Å². The molecule has 3 nitrogen and oxygen atoms in total. The van der Waals surface area contributed by atoms with Gasteiger partial charge in [0.1, 0.15) is 0 Å². The molecule has 0 aromatic carbocycles. The topological polar surface area (TPSA) is 41.2 Å². The maximum atomic E-state index is 10.2. The Hall–Kier alpha value is 0.580. The Morgan fingerprint density at radius 3 is 2.67 bits per heavy atom. The number of aryl methyl sites for hydroxylation is 1. The number of rotatable bonds is 2. The van der Waals surface area contributed by atoms with Gasteiger partial charge in [-0.05, 0) is 0 Å². The molecule has 64 valence electrons. The van der Waals surface area contributed by atoms with Crippen molar-refractivity contribution in [3.8, 4) is 0 Å². The molecule has 0 saturated carbocycles. The van der Waals surface area contributed by atoms with Gasteiger partial charge in [-0.15, -0.1) is 0 Å². The van der Waals surface area contributed by atoms with E-state index in [2.05, 4.69) is 0 Å². The Bertz CT molecular complexity index is 253. The first-order valence-corrected chi connectivity index (χ1v) is 3.78. The Morgan fingerprint density at radius 1 is 1.75 bits per heavy atom. The third-order valence-electron chi connectivity index (χ3n) is 1.19. The molecule has 0 aliphatic heterocycles. The summed E-state index contributed by atoms with van der Waals surface area (Å²) < 4.78 is 1.70. The predicted octanol–water partition coefficient (Wildman–Crippen LogP) is -3.22. The third kappa shape index (κ3) is 4.57. The Labute approximate surface area is 107 Å². The van der Waals surface area contributed by atoms with Crippen LogP contribution in [0.2, 0.25) is 0 Å². The Kier molecular flexibility index (Phi) is 8.83. The number of aromatic nitrogens is 1. The van der Waals surface area contributed by atoms with Gasteiger partial charge < -0.3 is 22.1 Å². The van der Waals surface area contributed by atoms with Crippen molar-refractivity contribution in [2.75, 3.05) is 0 Å². The molecular weight excluding hydrogens is 253 g/mol. The van der Waals surface area contributed by atoms with Gasteiger partial charge in [-0.1, -0.05) is 11.3 Å². The molecule has 0 radical (unpaired) electrons. The van der Waals surface area contributed by atoms with E-state index in [4.69, 9.17) is 5.11 Å². The monoisotopic (exact) mass is 261 g/mol. The summed E-state index contributed by atoms with van der Waals surface area (Å²) in [4.78, 5) is 10.2. The van der Waals surface area contributed by atoms with Gasteiger partial charge in [-0.25, -0.2) is 4.79 Å². The average molecular weight is 262 g/mol. The molecular formula is C6H9BrNNaO2S. The number of thiazole rings is 1. The molecule has 1 aromatic heterocycles. The van der Waals surface area contributed by atoms with Crippen molar-refractivity contribution in [1.82, 2.24) is 0 Å². The fraction of sp³-hybridized carbons (Fsp3) is 0.333. The van der Waals surface area contributed by atoms with Crippen molar-refractivity contribution in [1.29, 1.82) is 0 Å². The summed E-state index contributed by atoms with van der Waals surface area (Å²) in [6, 6.07) is 0. The molecule has 0 atom stereocenters. The van der Waals surface area contributed by atoms with Gasteiger partial charge in [0.05, 0.1) is 5.38 Å². The van der Waals surface area contributed by atoms with E-state index in [-0.39, 0.29) is 53.1 Å². The molecule has 6 heteroatoms. The van der Waals surface area contributed by atoms with E-state index >= 15 is 0 Å². The van der Waals surface area contributed by atoms with E-state index < -0.39 is 5.97 Å². The molecule has 1 rings (SSSR count). The zero-order valence-electron chi connectivity index (χ0n) is 5.95. The second-order valence-electron chi connectivity index (χ2n) is 2.02. The number of nitrogens with zero attached hydrogens (tertiary/aromatic N) is 1. The fourth-order valence-corrected chi connectivity index (χ4v) is 1.44. The number of carboxylic acid groups (broad SMARTS) is 1. The van der Waals surface area contributed by atoms with E-state index in [0.717, 1.165) is 5.69 Å². The standard InChI is InChI=1S/C6H7NO2S.BrH.Na.H/c1-5-3-10-4-7(5)2-6(8)9;;;/h3-4H,2H2,1H3;1H;;. The quantitative estimate of drug-likeness (QED) is 0.450. The van der Waals surface area contributed by atoms with Crippen molar-refractivity contribution in [2.45, 2.75) is 13.5 Å². The van der Waals surface area contributed by atoms with Crippen LogP contribution in [0.15, 0.2) is 10.9 Å². The number of hydrogen-bond acceptors (Lipinski definition) is 2. The third-order valence-corrected chi connectivity index (χ3v) is 2.04. The van der Waals surface area contributed by atoms with Crippen LogP contribution in [0, 0.1) is 6.92 Å². The zero-order chi connectivity index (χ0) is 7.56. The van der Waals surface area contributed by atoms with Crippen LogP contribution >= 0.6 is 11.3 Å². The molecule has 1 heterocycles. The molecule has 12 heavy (non-hydrogen) atoms. The Morgan fingerprint density at radius 2 is 2.33 bits per heavy atom. The SMILES string of the molecule is Cc1csc[n+]1CC(=O)O.[Br-].[NaH]. The summed E-state index contributed by atoms with van der Waals surface area (Å²) in [5, 5.41) is 10.3. The molecule has 0 fully saturated rings. The second kappa shape index (κ2) is 7.03. The first kappa shape index (κ1) is 15.1. The summed E-state index contributed by atoms with van der Waals surface area (Å²) in [6.45, 7) is 1.95. The summed E-state index contributed by atoms with van der Waals surface area (Å²) in [6.07, 6.45) is 0. The maximum absolute atomic E-state index is 10.2. The van der Waals surface area contributed by atoms with Crippen LogP contribution in [-0.4, -0.2) is 40.6 Å². The molecule has 0 amide bonds. The van der Waals surface area contributed by atoms with Gasteiger partial charge >= 0.3 is 35.5 Å². The molecule has 1 N–H and O–H groups in total. The minimum atomic E-state index is -0.800. The van der Waals surface area contributed by atoms with Crippen LogP contribution in [0.1, 0.15) is 5.69 Å². The van der Waals surface area contributed by atoms with E-state index in [9.17, 15) is 4.79 Å². The van der Waals surface area contributed by atoms with Crippen LogP contribution in [0.4, 0.5) is 0 Å². The average Bonchev–Trinajstić information content (AvgIpc) is 2.15. The van der Waals surface area contributed by atoms with Crippen LogP contribution in [0.25, 0.3) is 0 Å². The fourth-order valence-electron chi connectivity index (χ4n) is 0.661. The van der Waals surface area contributed by atoms with E-state index in [1.807, 2.05) is 12.3 Å². The van der Waals surface area contributed by atoms with Crippen molar-refractivity contribution < 1.29 is 31.4 Å². The molecule has 1 aromatic rings. The summed E-state index contributed by atoms with van der Waals surface area (Å²) >= 11 is 1.51. The number of carboxylic acids is 1. The molecule has 0 aliphatic carbocycles. The van der Waals surface area contributed by atoms with Crippen LogP contribution in [0.5, 0.6) is 0 Å². The first-order chi connectivity index (χ1) is 4.70. The molecule has 0 aliphatic rings. The summed E-state index contributed by atoms with van der Waals surface area (Å²) in [5.41, 5.74) is 2.79. The van der Waals surface area contributed by atoms with E-state index in [1.54, 1.807) is 10.1 Å². The van der Waals surface area contributed by atoms with Crippen molar-refractivity contribution in [3.63, 3.8) is 0 Å². The Balaban J connectivity index is 0. The van der Waals surface area contributed by atoms with Gasteiger partial charge in [0.15, 0.2) is 5.69 Å². The second-order valence-corrected chi connectivity index (χ2v) is 2.74. The van der Waals surface area contributed by atoms with Gasteiger partial charge in [0.2, 0.25) is 12.1 Å². The number of halogens is 1. The summed E-state index contributed by atoms with van der Waals surface area (Å²) in [7, 11) is 0. The van der Waals surface area contributed by atoms with Crippen molar-refractivity contribution >= 4 is 46.9 Å². The normalized spacial score (nSPS) is 8.08. The number of aliphatic carboxylic acids is 1. The zero-order valence-corrected chi connectivity index (χ0v) is 8.35. The van der Waals surface area contributed by atoms with Crippen LogP contribution < -0.4 is 21.5 Å². The number of carbonyl (C=O) groups is 1. The van der Waals surface area contributed by atoms with Crippen molar-refractivity contribution in [3.05, 3.63) is 16.6 Å². The van der Waals surface area contributed by atoms with Crippen LogP contribution in [0.3, 0.4) is 0 Å². The van der Waals surface area contributed by atoms with E-state index in [1.165, 1.54) is 11.3 Å².